The van der Waals surface area contributed by atoms with Crippen LogP contribution >= 0.6 is 0 Å². The molecule has 2 bridgehead atoms. The van der Waals surface area contributed by atoms with Gasteiger partial charge in [-0.1, -0.05) is 18.2 Å². The number of aryl methyl sites for hydroxylation is 1. The van der Waals surface area contributed by atoms with Gasteiger partial charge in [-0.15, -0.1) is 0 Å². The molecule has 0 aromatic heterocycles. The second-order valence-corrected chi connectivity index (χ2v) is 8.55. The number of hydrogen-bond donors (Lipinski definition) is 1. The Morgan fingerprint density at radius 1 is 1.04 bits per heavy atom. The number of carbonyl (C=O) groups excluding carboxylic acids is 1. The molecule has 2 fully saturated rings. The Labute approximate surface area is 166 Å². The molecular weight excluding hydrogens is 350 g/mol. The monoisotopic (exact) mass is 377 g/mol. The van der Waals surface area contributed by atoms with Crippen LogP contribution in [-0.4, -0.2) is 20.2 Å². The first-order valence-electron chi connectivity index (χ1n) is 10.2. The third kappa shape index (κ3) is 2.47. The Kier molecular flexibility index (Phi) is 4.11. The van der Waals surface area contributed by atoms with Crippen molar-refractivity contribution < 1.29 is 14.3 Å². The predicted octanol–water partition coefficient (Wildman–Crippen LogP) is 5.09. The summed E-state index contributed by atoms with van der Waals surface area (Å²) in [5.41, 5.74) is 5.84. The van der Waals surface area contributed by atoms with E-state index in [9.17, 15) is 4.79 Å². The molecule has 2 saturated carbocycles. The summed E-state index contributed by atoms with van der Waals surface area (Å²) >= 11 is 0. The summed E-state index contributed by atoms with van der Waals surface area (Å²) in [7, 11) is 3.17. The number of methoxy groups -OCH3 is 2. The maximum atomic E-state index is 11.8. The van der Waals surface area contributed by atoms with Crippen molar-refractivity contribution in [1.82, 2.24) is 0 Å². The minimum Gasteiger partial charge on any atom is -0.495 e. The lowest BCUT2D eigenvalue weighted by atomic mass is 9.67. The number of carbonyl (C=O) groups is 1. The standard InChI is InChI=1S/C24H27NO3/c1-13-4-11-18(27-2)23-19(13)20-16-9-10-17(12-16)21(20)22(25-23)14-5-7-15(8-6-14)24(26)28-3/h4-8,11,16-17,20-22,25H,9-10,12H2,1-3H3/t16-,17-,20+,21-,22-/m0/s1. The van der Waals surface area contributed by atoms with E-state index in [1.807, 2.05) is 12.1 Å². The summed E-state index contributed by atoms with van der Waals surface area (Å²) in [6.45, 7) is 2.23. The van der Waals surface area contributed by atoms with Gasteiger partial charge in [0, 0.05) is 0 Å². The first kappa shape index (κ1) is 17.6. The van der Waals surface area contributed by atoms with E-state index in [0.29, 0.717) is 17.4 Å². The number of nitrogens with one attached hydrogen (secondary N) is 1. The van der Waals surface area contributed by atoms with Crippen molar-refractivity contribution in [3.05, 3.63) is 58.7 Å². The van der Waals surface area contributed by atoms with Crippen molar-refractivity contribution in [1.29, 1.82) is 0 Å². The Morgan fingerprint density at radius 3 is 2.50 bits per heavy atom. The van der Waals surface area contributed by atoms with E-state index >= 15 is 0 Å². The fourth-order valence-corrected chi connectivity index (χ4v) is 6.20. The summed E-state index contributed by atoms with van der Waals surface area (Å²) in [6.07, 6.45) is 4.02. The predicted molar refractivity (Wildman–Crippen MR) is 109 cm³/mol. The van der Waals surface area contributed by atoms with Crippen molar-refractivity contribution >= 4 is 11.7 Å². The molecule has 5 atom stereocenters. The van der Waals surface area contributed by atoms with Gasteiger partial charge < -0.3 is 14.8 Å². The van der Waals surface area contributed by atoms with Gasteiger partial charge in [0.15, 0.2) is 0 Å². The van der Waals surface area contributed by atoms with Gasteiger partial charge >= 0.3 is 5.97 Å². The lowest BCUT2D eigenvalue weighted by Gasteiger charge is -2.44. The van der Waals surface area contributed by atoms with Crippen molar-refractivity contribution in [2.45, 2.75) is 38.1 Å². The summed E-state index contributed by atoms with van der Waals surface area (Å²) in [4.78, 5) is 11.8. The second kappa shape index (κ2) is 6.54. The van der Waals surface area contributed by atoms with Gasteiger partial charge in [-0.3, -0.25) is 0 Å². The van der Waals surface area contributed by atoms with Crippen molar-refractivity contribution in [3.63, 3.8) is 0 Å². The van der Waals surface area contributed by atoms with Crippen LogP contribution in [0.5, 0.6) is 5.75 Å². The van der Waals surface area contributed by atoms with Crippen LogP contribution in [0.3, 0.4) is 0 Å². The van der Waals surface area contributed by atoms with E-state index in [4.69, 9.17) is 9.47 Å². The number of benzene rings is 2. The molecule has 0 saturated heterocycles. The topological polar surface area (TPSA) is 47.6 Å². The first-order chi connectivity index (χ1) is 13.6. The zero-order valence-electron chi connectivity index (χ0n) is 16.7. The number of anilines is 1. The third-order valence-electron chi connectivity index (χ3n) is 7.33. The van der Waals surface area contributed by atoms with Gasteiger partial charge in [-0.2, -0.15) is 0 Å². The zero-order chi connectivity index (χ0) is 19.4. The molecule has 1 aliphatic heterocycles. The average Bonchev–Trinajstić information content (AvgIpc) is 3.35. The quantitative estimate of drug-likeness (QED) is 0.757. The fraction of sp³-hybridized carbons (Fsp3) is 0.458. The van der Waals surface area contributed by atoms with Crippen LogP contribution in [0, 0.1) is 24.7 Å². The Hall–Kier alpha value is -2.49. The highest BCUT2D eigenvalue weighted by Crippen LogP contribution is 2.65. The lowest BCUT2D eigenvalue weighted by molar-refractivity contribution is 0.0600. The average molecular weight is 377 g/mol. The molecule has 0 unspecified atom stereocenters. The van der Waals surface area contributed by atoms with E-state index in [-0.39, 0.29) is 12.0 Å². The SMILES string of the molecule is COC(=O)c1ccc([C@@H]2Nc3c(OC)ccc(C)c3[C@H]3[C@H]4CC[C@@H](C4)[C@@H]32)cc1. The van der Waals surface area contributed by atoms with Crippen LogP contribution < -0.4 is 10.1 Å². The van der Waals surface area contributed by atoms with E-state index in [0.717, 1.165) is 17.6 Å². The van der Waals surface area contributed by atoms with Crippen LogP contribution in [0.15, 0.2) is 36.4 Å². The number of fused-ring (bicyclic) bond motifs is 7. The molecule has 28 heavy (non-hydrogen) atoms. The van der Waals surface area contributed by atoms with E-state index in [2.05, 4.69) is 36.5 Å². The Bertz CT molecular complexity index is 920. The van der Waals surface area contributed by atoms with E-state index < -0.39 is 0 Å². The molecule has 3 aliphatic rings. The van der Waals surface area contributed by atoms with Gasteiger partial charge in [0.2, 0.25) is 0 Å². The first-order valence-corrected chi connectivity index (χ1v) is 10.2. The molecule has 1 heterocycles. The molecule has 4 nitrogen and oxygen atoms in total. The highest BCUT2D eigenvalue weighted by molar-refractivity contribution is 5.89. The number of ether oxygens (including phenoxy) is 2. The van der Waals surface area contributed by atoms with Gasteiger partial charge in [-0.25, -0.2) is 4.79 Å². The number of hydrogen-bond acceptors (Lipinski definition) is 4. The normalized spacial score (nSPS) is 29.6. The molecule has 4 heteroatoms. The summed E-state index contributed by atoms with van der Waals surface area (Å²) < 4.78 is 10.6. The fourth-order valence-electron chi connectivity index (χ4n) is 6.20. The van der Waals surface area contributed by atoms with E-state index in [1.165, 1.54) is 48.8 Å². The molecule has 5 rings (SSSR count). The molecule has 146 valence electrons. The van der Waals surface area contributed by atoms with Gasteiger partial charge in [0.25, 0.3) is 0 Å². The summed E-state index contributed by atoms with van der Waals surface area (Å²) in [6, 6.07) is 12.5. The van der Waals surface area contributed by atoms with Crippen LogP contribution in [0.1, 0.15) is 58.3 Å². The van der Waals surface area contributed by atoms with Crippen molar-refractivity contribution in [3.8, 4) is 5.75 Å². The van der Waals surface area contributed by atoms with Gasteiger partial charge in [0.1, 0.15) is 5.75 Å². The van der Waals surface area contributed by atoms with Crippen LogP contribution in [0.25, 0.3) is 0 Å². The summed E-state index contributed by atoms with van der Waals surface area (Å²) in [5.74, 6) is 3.38. The maximum absolute atomic E-state index is 11.8. The van der Waals surface area contributed by atoms with Gasteiger partial charge in [-0.05, 0) is 84.7 Å². The number of esters is 1. The molecule has 2 aromatic carbocycles. The minimum atomic E-state index is -0.288. The smallest absolute Gasteiger partial charge is 0.337 e. The maximum Gasteiger partial charge on any atom is 0.337 e. The Balaban J connectivity index is 1.60. The highest BCUT2D eigenvalue weighted by Gasteiger charge is 2.54. The van der Waals surface area contributed by atoms with E-state index in [1.54, 1.807) is 7.11 Å². The van der Waals surface area contributed by atoms with Crippen LogP contribution in [0.2, 0.25) is 0 Å². The molecule has 0 spiro atoms. The lowest BCUT2D eigenvalue weighted by Crippen LogP contribution is -2.36. The molecular formula is C24H27NO3. The number of rotatable bonds is 3. The van der Waals surface area contributed by atoms with Crippen LogP contribution in [0.4, 0.5) is 5.69 Å². The second-order valence-electron chi connectivity index (χ2n) is 8.55. The molecule has 2 aromatic rings. The van der Waals surface area contributed by atoms with Crippen molar-refractivity contribution in [2.24, 2.45) is 17.8 Å². The van der Waals surface area contributed by atoms with Crippen LogP contribution in [-0.2, 0) is 4.74 Å². The third-order valence-corrected chi connectivity index (χ3v) is 7.33. The highest BCUT2D eigenvalue weighted by atomic mass is 16.5. The minimum absolute atomic E-state index is 0.246. The largest absolute Gasteiger partial charge is 0.495 e. The molecule has 0 radical (unpaired) electrons. The molecule has 2 aliphatic carbocycles. The molecule has 0 amide bonds. The van der Waals surface area contributed by atoms with Crippen molar-refractivity contribution in [2.75, 3.05) is 19.5 Å². The van der Waals surface area contributed by atoms with Gasteiger partial charge in [0.05, 0.1) is 31.5 Å². The Morgan fingerprint density at radius 2 is 1.79 bits per heavy atom. The molecule has 1 N–H and O–H groups in total. The zero-order valence-corrected chi connectivity index (χ0v) is 16.7. The summed E-state index contributed by atoms with van der Waals surface area (Å²) in [5, 5.41) is 3.85.